The SMILES string of the molecule is c1cc2cc3ncsc3nc2s1. The Hall–Kier alpha value is -1.00. The Kier molecular flexibility index (Phi) is 1.22. The van der Waals surface area contributed by atoms with E-state index in [0.717, 1.165) is 15.2 Å². The fourth-order valence-corrected chi connectivity index (χ4v) is 2.63. The van der Waals surface area contributed by atoms with Gasteiger partial charge in [-0.2, -0.15) is 0 Å². The first-order valence-electron chi connectivity index (χ1n) is 3.51. The highest BCUT2D eigenvalue weighted by Gasteiger charge is 2.01. The number of hydrogen-bond donors (Lipinski definition) is 0. The maximum Gasteiger partial charge on any atom is 0.144 e. The molecule has 0 bridgehead atoms. The molecule has 12 heavy (non-hydrogen) atoms. The Morgan fingerprint density at radius 2 is 2.17 bits per heavy atom. The van der Waals surface area contributed by atoms with Gasteiger partial charge in [0.1, 0.15) is 15.2 Å². The summed E-state index contributed by atoms with van der Waals surface area (Å²) in [6.45, 7) is 0. The number of fused-ring (bicyclic) bond motifs is 2. The molecule has 0 aromatic carbocycles. The third kappa shape index (κ3) is 0.790. The maximum absolute atomic E-state index is 4.47. The minimum atomic E-state index is 1.01. The van der Waals surface area contributed by atoms with E-state index < -0.39 is 0 Å². The van der Waals surface area contributed by atoms with E-state index in [9.17, 15) is 0 Å². The lowest BCUT2D eigenvalue weighted by Gasteiger charge is -1.87. The van der Waals surface area contributed by atoms with Gasteiger partial charge in [-0.1, -0.05) is 0 Å². The Bertz CT molecular complexity index is 447. The van der Waals surface area contributed by atoms with Crippen molar-refractivity contribution in [1.29, 1.82) is 0 Å². The van der Waals surface area contributed by atoms with Crippen molar-refractivity contribution >= 4 is 43.2 Å². The Morgan fingerprint density at radius 3 is 3.17 bits per heavy atom. The maximum atomic E-state index is 4.47. The number of pyridine rings is 1. The molecule has 0 aliphatic heterocycles. The standard InChI is InChI=1S/C8H4N2S2/c1-2-11-7-5(1)3-6-8(10-7)12-4-9-6/h1-4H. The molecule has 3 aromatic rings. The molecule has 3 aromatic heterocycles. The van der Waals surface area contributed by atoms with E-state index in [1.807, 2.05) is 5.51 Å². The Morgan fingerprint density at radius 1 is 1.17 bits per heavy atom. The highest BCUT2D eigenvalue weighted by atomic mass is 32.1. The molecule has 0 fully saturated rings. The number of rotatable bonds is 0. The van der Waals surface area contributed by atoms with Gasteiger partial charge in [0.2, 0.25) is 0 Å². The molecule has 4 heteroatoms. The minimum absolute atomic E-state index is 1.01. The molecule has 0 radical (unpaired) electrons. The Balaban J connectivity index is 2.62. The molecule has 0 aliphatic carbocycles. The third-order valence-electron chi connectivity index (χ3n) is 1.74. The molecule has 0 unspecified atom stereocenters. The molecule has 0 spiro atoms. The first-order chi connectivity index (χ1) is 5.93. The van der Waals surface area contributed by atoms with E-state index >= 15 is 0 Å². The molecule has 0 N–H and O–H groups in total. The van der Waals surface area contributed by atoms with Crippen LogP contribution in [0.5, 0.6) is 0 Å². The zero-order valence-electron chi connectivity index (χ0n) is 6.02. The number of hydrogen-bond acceptors (Lipinski definition) is 4. The van der Waals surface area contributed by atoms with Crippen LogP contribution in [0.4, 0.5) is 0 Å². The van der Waals surface area contributed by atoms with Gasteiger partial charge in [-0.3, -0.25) is 0 Å². The van der Waals surface area contributed by atoms with E-state index in [1.54, 1.807) is 22.7 Å². The van der Waals surface area contributed by atoms with Gasteiger partial charge in [0.15, 0.2) is 0 Å². The van der Waals surface area contributed by atoms with E-state index in [-0.39, 0.29) is 0 Å². The van der Waals surface area contributed by atoms with Crippen molar-refractivity contribution < 1.29 is 0 Å². The van der Waals surface area contributed by atoms with Crippen LogP contribution >= 0.6 is 22.7 Å². The lowest BCUT2D eigenvalue weighted by molar-refractivity contribution is 1.48. The zero-order valence-corrected chi connectivity index (χ0v) is 7.65. The van der Waals surface area contributed by atoms with E-state index in [0.29, 0.717) is 0 Å². The van der Waals surface area contributed by atoms with E-state index in [2.05, 4.69) is 27.5 Å². The normalized spacial score (nSPS) is 11.3. The molecule has 0 atom stereocenters. The quantitative estimate of drug-likeness (QED) is 0.547. The summed E-state index contributed by atoms with van der Waals surface area (Å²) in [4.78, 5) is 10.8. The van der Waals surface area contributed by atoms with Crippen molar-refractivity contribution in [2.45, 2.75) is 0 Å². The molecule has 3 rings (SSSR count). The van der Waals surface area contributed by atoms with Crippen molar-refractivity contribution in [3.05, 3.63) is 23.0 Å². The predicted molar refractivity (Wildman–Crippen MR) is 52.8 cm³/mol. The van der Waals surface area contributed by atoms with E-state index in [4.69, 9.17) is 0 Å². The minimum Gasteiger partial charge on any atom is -0.243 e. The topological polar surface area (TPSA) is 25.8 Å². The van der Waals surface area contributed by atoms with Gasteiger partial charge in [-0.15, -0.1) is 22.7 Å². The van der Waals surface area contributed by atoms with Crippen LogP contribution in [-0.2, 0) is 0 Å². The third-order valence-corrected chi connectivity index (χ3v) is 3.30. The van der Waals surface area contributed by atoms with Crippen molar-refractivity contribution in [2.24, 2.45) is 0 Å². The summed E-state index contributed by atoms with van der Waals surface area (Å²) < 4.78 is 0. The average Bonchev–Trinajstić information content (AvgIpc) is 2.64. The highest BCUT2D eigenvalue weighted by Crippen LogP contribution is 2.24. The smallest absolute Gasteiger partial charge is 0.144 e. The molecular weight excluding hydrogens is 188 g/mol. The second kappa shape index (κ2) is 2.24. The monoisotopic (exact) mass is 192 g/mol. The zero-order chi connectivity index (χ0) is 7.97. The number of thiophene rings is 1. The molecule has 0 aliphatic rings. The van der Waals surface area contributed by atoms with Crippen LogP contribution in [-0.4, -0.2) is 9.97 Å². The summed E-state index contributed by atoms with van der Waals surface area (Å²) in [6, 6.07) is 4.16. The fraction of sp³-hybridized carbons (Fsp3) is 0. The van der Waals surface area contributed by atoms with Gasteiger partial charge in [0.05, 0.1) is 5.51 Å². The Labute approximate surface area is 76.5 Å². The molecule has 0 saturated heterocycles. The lowest BCUT2D eigenvalue weighted by Crippen LogP contribution is -1.72. The molecule has 0 amide bonds. The number of aromatic nitrogens is 2. The van der Waals surface area contributed by atoms with Crippen LogP contribution < -0.4 is 0 Å². The van der Waals surface area contributed by atoms with Gasteiger partial charge in [-0.25, -0.2) is 9.97 Å². The van der Waals surface area contributed by atoms with Crippen LogP contribution in [0.15, 0.2) is 23.0 Å². The van der Waals surface area contributed by atoms with Gasteiger partial charge in [0.25, 0.3) is 0 Å². The van der Waals surface area contributed by atoms with Gasteiger partial charge in [-0.05, 0) is 17.5 Å². The summed E-state index contributed by atoms with van der Waals surface area (Å²) in [7, 11) is 0. The second-order valence-corrected chi connectivity index (χ2v) is 4.21. The van der Waals surface area contributed by atoms with Gasteiger partial charge in [0, 0.05) is 5.39 Å². The molecule has 3 heterocycles. The first-order valence-corrected chi connectivity index (χ1v) is 5.27. The number of nitrogens with zero attached hydrogens (tertiary/aromatic N) is 2. The van der Waals surface area contributed by atoms with Crippen LogP contribution in [0.2, 0.25) is 0 Å². The fourth-order valence-electron chi connectivity index (χ4n) is 1.18. The highest BCUT2D eigenvalue weighted by molar-refractivity contribution is 7.18. The van der Waals surface area contributed by atoms with Crippen molar-refractivity contribution in [3.8, 4) is 0 Å². The summed E-state index contributed by atoms with van der Waals surface area (Å²) in [5.74, 6) is 0. The molecule has 0 saturated carbocycles. The van der Waals surface area contributed by atoms with Crippen molar-refractivity contribution in [1.82, 2.24) is 9.97 Å². The predicted octanol–water partition coefficient (Wildman–Crippen LogP) is 2.91. The van der Waals surface area contributed by atoms with Crippen molar-refractivity contribution in [2.75, 3.05) is 0 Å². The van der Waals surface area contributed by atoms with Crippen LogP contribution in [0.1, 0.15) is 0 Å². The van der Waals surface area contributed by atoms with Crippen LogP contribution in [0.3, 0.4) is 0 Å². The van der Waals surface area contributed by atoms with Crippen LogP contribution in [0.25, 0.3) is 20.6 Å². The first kappa shape index (κ1) is 6.51. The summed E-state index contributed by atoms with van der Waals surface area (Å²) in [6.07, 6.45) is 0. The van der Waals surface area contributed by atoms with Crippen LogP contribution in [0, 0.1) is 0 Å². The lowest BCUT2D eigenvalue weighted by atomic mass is 10.3. The van der Waals surface area contributed by atoms with Gasteiger partial charge < -0.3 is 0 Å². The molecule has 58 valence electrons. The average molecular weight is 192 g/mol. The summed E-state index contributed by atoms with van der Waals surface area (Å²) in [5.41, 5.74) is 2.84. The summed E-state index contributed by atoms with van der Waals surface area (Å²) in [5, 5.41) is 3.25. The molecular formula is C8H4N2S2. The largest absolute Gasteiger partial charge is 0.243 e. The number of thiazole rings is 1. The molecule has 2 nitrogen and oxygen atoms in total. The van der Waals surface area contributed by atoms with E-state index in [1.165, 1.54) is 5.39 Å². The van der Waals surface area contributed by atoms with Crippen molar-refractivity contribution in [3.63, 3.8) is 0 Å². The van der Waals surface area contributed by atoms with Gasteiger partial charge >= 0.3 is 0 Å². The second-order valence-electron chi connectivity index (χ2n) is 2.48. The summed E-state index contributed by atoms with van der Waals surface area (Å²) >= 11 is 3.26.